The Morgan fingerprint density at radius 1 is 1.31 bits per heavy atom. The Morgan fingerprint density at radius 2 is 2.08 bits per heavy atom. The van der Waals surface area contributed by atoms with Crippen molar-refractivity contribution in [2.45, 2.75) is 45.8 Å². The van der Waals surface area contributed by atoms with Crippen LogP contribution in [-0.4, -0.2) is 27.4 Å². The maximum absolute atomic E-state index is 12.4. The minimum absolute atomic E-state index is 0.0806. The molecule has 26 heavy (non-hydrogen) atoms. The Labute approximate surface area is 156 Å². The van der Waals surface area contributed by atoms with Crippen molar-refractivity contribution in [3.05, 3.63) is 57.5 Å². The fourth-order valence-electron chi connectivity index (χ4n) is 2.77. The van der Waals surface area contributed by atoms with Crippen LogP contribution in [-0.2, 0) is 12.0 Å². The summed E-state index contributed by atoms with van der Waals surface area (Å²) in [5, 5.41) is 12.7. The van der Waals surface area contributed by atoms with Gasteiger partial charge < -0.3 is 9.84 Å². The number of nitrogens with zero attached hydrogens (tertiary/aromatic N) is 2. The topological polar surface area (TPSA) is 64.3 Å². The van der Waals surface area contributed by atoms with Gasteiger partial charge in [-0.25, -0.2) is 4.98 Å². The molecular weight excluding hydrogens is 348 g/mol. The van der Waals surface area contributed by atoms with Gasteiger partial charge in [-0.15, -0.1) is 11.3 Å². The van der Waals surface area contributed by atoms with Crippen LogP contribution in [0.25, 0.3) is 10.2 Å². The Bertz CT molecular complexity index is 969. The summed E-state index contributed by atoms with van der Waals surface area (Å²) in [5.74, 6) is 0.746. The molecule has 2 aromatic heterocycles. The molecule has 1 unspecified atom stereocenters. The fraction of sp³-hybridized carbons (Fsp3) is 0.400. The van der Waals surface area contributed by atoms with E-state index in [1.54, 1.807) is 6.07 Å². The van der Waals surface area contributed by atoms with Gasteiger partial charge in [-0.1, -0.05) is 32.9 Å². The zero-order valence-electron chi connectivity index (χ0n) is 15.5. The predicted molar refractivity (Wildman–Crippen MR) is 105 cm³/mol. The molecule has 0 fully saturated rings. The lowest BCUT2D eigenvalue weighted by Gasteiger charge is -2.21. The molecule has 0 aliphatic heterocycles. The van der Waals surface area contributed by atoms with Gasteiger partial charge in [0.2, 0.25) is 0 Å². The number of fused-ring (bicyclic) bond motifs is 1. The molecule has 0 saturated carbocycles. The van der Waals surface area contributed by atoms with Crippen LogP contribution < -0.4 is 10.3 Å². The van der Waals surface area contributed by atoms with Crippen LogP contribution in [0.2, 0.25) is 0 Å². The Balaban J connectivity index is 1.66. The number of thiophene rings is 1. The van der Waals surface area contributed by atoms with Gasteiger partial charge in [0.1, 0.15) is 23.3 Å². The molecule has 0 saturated heterocycles. The molecule has 3 rings (SSSR count). The van der Waals surface area contributed by atoms with Gasteiger partial charge in [-0.05, 0) is 41.0 Å². The van der Waals surface area contributed by atoms with Crippen molar-refractivity contribution in [2.24, 2.45) is 0 Å². The van der Waals surface area contributed by atoms with Crippen molar-refractivity contribution in [3.8, 4) is 5.75 Å². The summed E-state index contributed by atoms with van der Waals surface area (Å²) in [5.41, 5.74) is 2.21. The van der Waals surface area contributed by atoms with Crippen molar-refractivity contribution >= 4 is 21.6 Å². The van der Waals surface area contributed by atoms with E-state index >= 15 is 0 Å². The molecule has 1 aromatic carbocycles. The van der Waals surface area contributed by atoms with E-state index in [1.165, 1.54) is 27.8 Å². The first kappa shape index (κ1) is 18.6. The van der Waals surface area contributed by atoms with Crippen molar-refractivity contribution < 1.29 is 9.84 Å². The van der Waals surface area contributed by atoms with Gasteiger partial charge in [-0.3, -0.25) is 9.36 Å². The molecule has 0 radical (unpaired) electrons. The second-order valence-electron chi connectivity index (χ2n) is 7.54. The average molecular weight is 372 g/mol. The van der Waals surface area contributed by atoms with E-state index < -0.39 is 6.10 Å². The number of ether oxygens (including phenoxy) is 1. The number of hydrogen-bond acceptors (Lipinski definition) is 5. The first-order valence-corrected chi connectivity index (χ1v) is 9.48. The van der Waals surface area contributed by atoms with Crippen molar-refractivity contribution in [1.82, 2.24) is 9.55 Å². The second kappa shape index (κ2) is 7.21. The highest BCUT2D eigenvalue weighted by molar-refractivity contribution is 7.16. The third kappa shape index (κ3) is 3.97. The summed E-state index contributed by atoms with van der Waals surface area (Å²) in [6.45, 7) is 8.77. The van der Waals surface area contributed by atoms with Gasteiger partial charge >= 0.3 is 0 Å². The number of aromatic nitrogens is 2. The summed E-state index contributed by atoms with van der Waals surface area (Å²) < 4.78 is 7.20. The number of aliphatic hydroxyl groups is 1. The predicted octanol–water partition coefficient (Wildman–Crippen LogP) is 3.50. The quantitative estimate of drug-likeness (QED) is 0.744. The molecule has 0 aliphatic carbocycles. The maximum atomic E-state index is 12.4. The number of benzene rings is 1. The normalized spacial score (nSPS) is 13.1. The molecule has 0 amide bonds. The molecule has 2 heterocycles. The summed E-state index contributed by atoms with van der Waals surface area (Å²) >= 11 is 1.43. The van der Waals surface area contributed by atoms with Crippen molar-refractivity contribution in [3.63, 3.8) is 0 Å². The second-order valence-corrected chi connectivity index (χ2v) is 8.43. The van der Waals surface area contributed by atoms with E-state index in [1.807, 2.05) is 24.4 Å². The van der Waals surface area contributed by atoms with Crippen LogP contribution in [0, 0.1) is 6.92 Å². The Hall–Kier alpha value is -2.18. The number of aliphatic hydroxyl groups excluding tert-OH is 1. The molecule has 0 spiro atoms. The number of hydrogen-bond donors (Lipinski definition) is 1. The molecule has 6 heteroatoms. The van der Waals surface area contributed by atoms with Gasteiger partial charge in [0, 0.05) is 0 Å². The largest absolute Gasteiger partial charge is 0.491 e. The highest BCUT2D eigenvalue weighted by Crippen LogP contribution is 2.27. The average Bonchev–Trinajstić information content (AvgIpc) is 3.05. The van der Waals surface area contributed by atoms with Gasteiger partial charge in [-0.2, -0.15) is 0 Å². The molecule has 1 atom stereocenters. The third-order valence-electron chi connectivity index (χ3n) is 4.33. The molecule has 138 valence electrons. The zero-order valence-corrected chi connectivity index (χ0v) is 16.3. The number of aryl methyl sites for hydroxylation is 1. The molecule has 3 aromatic rings. The van der Waals surface area contributed by atoms with Crippen LogP contribution in [0.1, 0.15) is 31.9 Å². The fourth-order valence-corrected chi connectivity index (χ4v) is 3.49. The minimum Gasteiger partial charge on any atom is -0.491 e. The van der Waals surface area contributed by atoms with E-state index in [0.717, 1.165) is 11.3 Å². The van der Waals surface area contributed by atoms with Crippen LogP contribution in [0.4, 0.5) is 0 Å². The highest BCUT2D eigenvalue weighted by atomic mass is 32.1. The van der Waals surface area contributed by atoms with E-state index in [9.17, 15) is 9.90 Å². The summed E-state index contributed by atoms with van der Waals surface area (Å²) in [7, 11) is 0. The van der Waals surface area contributed by atoms with Gasteiger partial charge in [0.05, 0.1) is 18.3 Å². The lowest BCUT2D eigenvalue weighted by Crippen LogP contribution is -2.30. The van der Waals surface area contributed by atoms with E-state index in [-0.39, 0.29) is 24.1 Å². The van der Waals surface area contributed by atoms with E-state index in [2.05, 4.69) is 31.8 Å². The van der Waals surface area contributed by atoms with Crippen LogP contribution in [0.3, 0.4) is 0 Å². The standard InChI is InChI=1S/C20H24N2O3S/c1-13-9-14(20(2,3)4)5-6-17(13)25-11-15(23)10-22-12-21-18-16(19(22)24)7-8-26-18/h5-9,12,15,23H,10-11H2,1-4H3. The van der Waals surface area contributed by atoms with Gasteiger partial charge in [0.25, 0.3) is 5.56 Å². The van der Waals surface area contributed by atoms with Crippen LogP contribution >= 0.6 is 11.3 Å². The molecule has 0 aliphatic rings. The van der Waals surface area contributed by atoms with Gasteiger partial charge in [0.15, 0.2) is 0 Å². The SMILES string of the molecule is Cc1cc(C(C)(C)C)ccc1OCC(O)Cn1cnc2sccc2c1=O. The van der Waals surface area contributed by atoms with Crippen molar-refractivity contribution in [2.75, 3.05) is 6.61 Å². The third-order valence-corrected chi connectivity index (χ3v) is 5.15. The number of rotatable bonds is 5. The summed E-state index contributed by atoms with van der Waals surface area (Å²) in [4.78, 5) is 17.3. The van der Waals surface area contributed by atoms with Crippen molar-refractivity contribution in [1.29, 1.82) is 0 Å². The Kier molecular flexibility index (Phi) is 5.16. The first-order valence-electron chi connectivity index (χ1n) is 8.60. The summed E-state index contributed by atoms with van der Waals surface area (Å²) in [6.07, 6.45) is 0.681. The van der Waals surface area contributed by atoms with E-state index in [0.29, 0.717) is 10.2 Å². The molecule has 1 N–H and O–H groups in total. The molecular formula is C20H24N2O3S. The van der Waals surface area contributed by atoms with Crippen LogP contribution in [0.5, 0.6) is 5.75 Å². The maximum Gasteiger partial charge on any atom is 0.262 e. The lowest BCUT2D eigenvalue weighted by atomic mass is 9.86. The Morgan fingerprint density at radius 3 is 2.77 bits per heavy atom. The zero-order chi connectivity index (χ0) is 18.9. The molecule has 5 nitrogen and oxygen atoms in total. The summed E-state index contributed by atoms with van der Waals surface area (Å²) in [6, 6.07) is 7.86. The van der Waals surface area contributed by atoms with Crippen LogP contribution in [0.15, 0.2) is 40.8 Å². The first-order chi connectivity index (χ1) is 12.3. The highest BCUT2D eigenvalue weighted by Gasteiger charge is 2.16. The smallest absolute Gasteiger partial charge is 0.262 e. The monoisotopic (exact) mass is 372 g/mol. The van der Waals surface area contributed by atoms with E-state index in [4.69, 9.17) is 4.74 Å². The minimum atomic E-state index is -0.799. The lowest BCUT2D eigenvalue weighted by molar-refractivity contribution is 0.0911. The molecule has 0 bridgehead atoms.